The van der Waals surface area contributed by atoms with Crippen LogP contribution in [0.4, 0.5) is 0 Å². The second-order valence-electron chi connectivity index (χ2n) is 3.08. The van der Waals surface area contributed by atoms with Crippen molar-refractivity contribution in [2.24, 2.45) is 0 Å². The zero-order chi connectivity index (χ0) is 9.26. The molecule has 0 spiro atoms. The highest BCUT2D eigenvalue weighted by Gasteiger charge is 2.11. The number of aldehydes is 1. The Hall–Kier alpha value is -1.57. The number of methoxy groups -OCH3 is 1. The van der Waals surface area contributed by atoms with Crippen molar-refractivity contribution in [2.75, 3.05) is 7.11 Å². The van der Waals surface area contributed by atoms with Crippen molar-refractivity contribution in [3.05, 3.63) is 34.9 Å². The van der Waals surface area contributed by atoms with Crippen molar-refractivity contribution in [3.8, 4) is 5.75 Å². The SMILES string of the molecule is COc1ccc2c(c1)C=C(C=O)C2. The van der Waals surface area contributed by atoms with Crippen LogP contribution in [0, 0.1) is 0 Å². The summed E-state index contributed by atoms with van der Waals surface area (Å²) >= 11 is 0. The van der Waals surface area contributed by atoms with Gasteiger partial charge in [0, 0.05) is 6.42 Å². The number of carbonyl (C=O) groups excluding carboxylic acids is 1. The van der Waals surface area contributed by atoms with E-state index in [9.17, 15) is 4.79 Å². The lowest BCUT2D eigenvalue weighted by Crippen LogP contribution is -1.87. The van der Waals surface area contributed by atoms with Gasteiger partial charge < -0.3 is 4.74 Å². The highest BCUT2D eigenvalue weighted by molar-refractivity contribution is 5.86. The third kappa shape index (κ3) is 1.35. The van der Waals surface area contributed by atoms with Gasteiger partial charge in [0.25, 0.3) is 0 Å². The van der Waals surface area contributed by atoms with E-state index in [0.29, 0.717) is 0 Å². The molecule has 0 saturated heterocycles. The van der Waals surface area contributed by atoms with Crippen molar-refractivity contribution in [2.45, 2.75) is 6.42 Å². The standard InChI is InChI=1S/C11H10O2/c1-13-11-3-2-9-4-8(7-12)5-10(9)6-11/h2-3,5-7H,4H2,1H3. The largest absolute Gasteiger partial charge is 0.497 e. The Morgan fingerprint density at radius 2 is 2.31 bits per heavy atom. The molecule has 0 atom stereocenters. The molecule has 0 aliphatic heterocycles. The second kappa shape index (κ2) is 3.05. The molecule has 1 aromatic rings. The summed E-state index contributed by atoms with van der Waals surface area (Å²) in [5, 5.41) is 0. The summed E-state index contributed by atoms with van der Waals surface area (Å²) in [6, 6.07) is 5.87. The molecule has 2 heteroatoms. The van der Waals surface area contributed by atoms with Crippen molar-refractivity contribution in [3.63, 3.8) is 0 Å². The first-order chi connectivity index (χ1) is 6.33. The van der Waals surface area contributed by atoms with E-state index < -0.39 is 0 Å². The van der Waals surface area contributed by atoms with Gasteiger partial charge in [-0.15, -0.1) is 0 Å². The topological polar surface area (TPSA) is 26.3 Å². The lowest BCUT2D eigenvalue weighted by Gasteiger charge is -2.01. The molecule has 0 heterocycles. The molecular formula is C11H10O2. The van der Waals surface area contributed by atoms with E-state index in [2.05, 4.69) is 0 Å². The summed E-state index contributed by atoms with van der Waals surface area (Å²) < 4.78 is 5.09. The molecule has 1 aromatic carbocycles. The van der Waals surface area contributed by atoms with E-state index in [0.717, 1.165) is 29.6 Å². The number of hydrogen-bond donors (Lipinski definition) is 0. The predicted molar refractivity (Wildman–Crippen MR) is 50.7 cm³/mol. The fourth-order valence-electron chi connectivity index (χ4n) is 1.54. The Morgan fingerprint density at radius 1 is 1.46 bits per heavy atom. The van der Waals surface area contributed by atoms with Crippen LogP contribution in [0.3, 0.4) is 0 Å². The Kier molecular flexibility index (Phi) is 1.89. The van der Waals surface area contributed by atoms with Gasteiger partial charge in [0.2, 0.25) is 0 Å². The van der Waals surface area contributed by atoms with E-state index in [4.69, 9.17) is 4.74 Å². The van der Waals surface area contributed by atoms with Crippen molar-refractivity contribution >= 4 is 12.4 Å². The van der Waals surface area contributed by atoms with E-state index in [1.165, 1.54) is 5.56 Å². The number of allylic oxidation sites excluding steroid dienone is 1. The van der Waals surface area contributed by atoms with Gasteiger partial charge in [0.15, 0.2) is 0 Å². The van der Waals surface area contributed by atoms with Gasteiger partial charge in [-0.2, -0.15) is 0 Å². The van der Waals surface area contributed by atoms with Crippen molar-refractivity contribution in [1.29, 1.82) is 0 Å². The van der Waals surface area contributed by atoms with E-state index in [1.54, 1.807) is 7.11 Å². The first kappa shape index (κ1) is 8.05. The van der Waals surface area contributed by atoms with Crippen molar-refractivity contribution in [1.82, 2.24) is 0 Å². The number of carbonyl (C=O) groups is 1. The highest BCUT2D eigenvalue weighted by atomic mass is 16.5. The number of benzene rings is 1. The van der Waals surface area contributed by atoms with E-state index in [1.807, 2.05) is 24.3 Å². The van der Waals surface area contributed by atoms with Crippen LogP contribution in [0.15, 0.2) is 23.8 Å². The summed E-state index contributed by atoms with van der Waals surface area (Å²) in [6.07, 6.45) is 3.57. The first-order valence-corrected chi connectivity index (χ1v) is 4.16. The average molecular weight is 174 g/mol. The molecule has 0 bridgehead atoms. The molecule has 0 fully saturated rings. The van der Waals surface area contributed by atoms with Gasteiger partial charge >= 0.3 is 0 Å². The fourth-order valence-corrected chi connectivity index (χ4v) is 1.54. The molecule has 0 aromatic heterocycles. The lowest BCUT2D eigenvalue weighted by molar-refractivity contribution is -0.104. The maximum Gasteiger partial charge on any atom is 0.146 e. The van der Waals surface area contributed by atoms with Crippen LogP contribution in [0.5, 0.6) is 5.75 Å². The van der Waals surface area contributed by atoms with Gasteiger partial charge in [-0.3, -0.25) is 4.79 Å². The van der Waals surface area contributed by atoms with E-state index in [-0.39, 0.29) is 0 Å². The third-order valence-corrected chi connectivity index (χ3v) is 2.24. The normalized spacial score (nSPS) is 13.5. The highest BCUT2D eigenvalue weighted by Crippen LogP contribution is 2.27. The van der Waals surface area contributed by atoms with Gasteiger partial charge in [-0.05, 0) is 34.9 Å². The Morgan fingerprint density at radius 3 is 3.00 bits per heavy atom. The minimum atomic E-state index is 0.753. The second-order valence-corrected chi connectivity index (χ2v) is 3.08. The van der Waals surface area contributed by atoms with Gasteiger partial charge in [-0.1, -0.05) is 6.07 Å². The van der Waals surface area contributed by atoms with Gasteiger partial charge in [0.1, 0.15) is 12.0 Å². The average Bonchev–Trinajstić information content (AvgIpc) is 2.58. The van der Waals surface area contributed by atoms with Crippen LogP contribution in [0.25, 0.3) is 6.08 Å². The van der Waals surface area contributed by atoms with Crippen LogP contribution >= 0.6 is 0 Å². The van der Waals surface area contributed by atoms with Crippen molar-refractivity contribution < 1.29 is 9.53 Å². The number of rotatable bonds is 2. The molecule has 0 amide bonds. The van der Waals surface area contributed by atoms with Gasteiger partial charge in [0.05, 0.1) is 7.11 Å². The molecule has 0 radical (unpaired) electrons. The Balaban J connectivity index is 2.41. The zero-order valence-electron chi connectivity index (χ0n) is 7.41. The third-order valence-electron chi connectivity index (χ3n) is 2.24. The smallest absolute Gasteiger partial charge is 0.146 e. The molecule has 1 aliphatic carbocycles. The maximum atomic E-state index is 10.5. The van der Waals surface area contributed by atoms with Gasteiger partial charge in [-0.25, -0.2) is 0 Å². The van der Waals surface area contributed by atoms with Crippen LogP contribution in [0.1, 0.15) is 11.1 Å². The summed E-state index contributed by atoms with van der Waals surface area (Å²) in [6.45, 7) is 0. The molecular weight excluding hydrogens is 164 g/mol. The lowest BCUT2D eigenvalue weighted by atomic mass is 10.1. The fraction of sp³-hybridized carbons (Fsp3) is 0.182. The van der Waals surface area contributed by atoms with Crippen LogP contribution in [-0.4, -0.2) is 13.4 Å². The van der Waals surface area contributed by atoms with E-state index >= 15 is 0 Å². The number of fused-ring (bicyclic) bond motifs is 1. The number of ether oxygens (including phenoxy) is 1. The summed E-state index contributed by atoms with van der Waals surface area (Å²) in [4.78, 5) is 10.5. The summed E-state index contributed by atoms with van der Waals surface area (Å²) in [5.41, 5.74) is 3.13. The Labute approximate surface area is 76.8 Å². The molecule has 13 heavy (non-hydrogen) atoms. The van der Waals surface area contributed by atoms with Crippen LogP contribution in [-0.2, 0) is 11.2 Å². The molecule has 2 nitrogen and oxygen atoms in total. The maximum absolute atomic E-state index is 10.5. The monoisotopic (exact) mass is 174 g/mol. The number of hydrogen-bond acceptors (Lipinski definition) is 2. The minimum absolute atomic E-state index is 0.753. The summed E-state index contributed by atoms with van der Waals surface area (Å²) in [5.74, 6) is 0.835. The first-order valence-electron chi connectivity index (χ1n) is 4.16. The molecule has 2 rings (SSSR count). The molecule has 0 saturated carbocycles. The van der Waals surface area contributed by atoms with Crippen LogP contribution in [0.2, 0.25) is 0 Å². The quantitative estimate of drug-likeness (QED) is 0.639. The Bertz CT molecular complexity index is 378. The zero-order valence-corrected chi connectivity index (χ0v) is 7.41. The molecule has 0 N–H and O–H groups in total. The minimum Gasteiger partial charge on any atom is -0.497 e. The molecule has 66 valence electrons. The predicted octanol–water partition coefficient (Wildman–Crippen LogP) is 1.83. The molecule has 0 unspecified atom stereocenters. The summed E-state index contributed by atoms with van der Waals surface area (Å²) in [7, 11) is 1.64. The molecule has 1 aliphatic rings. The van der Waals surface area contributed by atoms with Crippen LogP contribution < -0.4 is 4.74 Å².